The molecule has 5 nitrogen and oxygen atoms in total. The maximum absolute atomic E-state index is 13.4. The van der Waals surface area contributed by atoms with Crippen LogP contribution in [0, 0.1) is 15.9 Å². The summed E-state index contributed by atoms with van der Waals surface area (Å²) in [7, 11) is 0. The van der Waals surface area contributed by atoms with Crippen LogP contribution >= 0.6 is 0 Å². The molecule has 0 aliphatic carbocycles. The summed E-state index contributed by atoms with van der Waals surface area (Å²) in [4.78, 5) is 13.1. The highest BCUT2D eigenvalue weighted by atomic mass is 19.1. The maximum atomic E-state index is 13.4. The molecule has 0 unspecified atom stereocenters. The number of nitrogens with zero attached hydrogens (tertiary/aromatic N) is 2. The summed E-state index contributed by atoms with van der Waals surface area (Å²) in [6.45, 7) is 5.65. The highest BCUT2D eigenvalue weighted by molar-refractivity contribution is 5.42. The summed E-state index contributed by atoms with van der Waals surface area (Å²) in [5.41, 5.74) is 0.546. The second kappa shape index (κ2) is 8.19. The number of unbranched alkanes of at least 4 members (excludes halogenated alkanes) is 2. The molecule has 0 bridgehead atoms. The van der Waals surface area contributed by atoms with Gasteiger partial charge in [0.25, 0.3) is 5.69 Å². The van der Waals surface area contributed by atoms with Gasteiger partial charge in [0.15, 0.2) is 0 Å². The predicted octanol–water partition coefficient (Wildman–Crippen LogP) is 3.26. The third-order valence-electron chi connectivity index (χ3n) is 4.22. The summed E-state index contributed by atoms with van der Waals surface area (Å²) in [5.74, 6) is -0.553. The van der Waals surface area contributed by atoms with Crippen molar-refractivity contribution in [3.05, 3.63) is 39.7 Å². The van der Waals surface area contributed by atoms with Gasteiger partial charge in [0.1, 0.15) is 5.82 Å². The Kier molecular flexibility index (Phi) is 6.27. The lowest BCUT2D eigenvalue weighted by molar-refractivity contribution is -0.386. The van der Waals surface area contributed by atoms with Gasteiger partial charge in [0, 0.05) is 37.8 Å². The van der Waals surface area contributed by atoms with Crippen molar-refractivity contribution < 1.29 is 9.31 Å². The zero-order chi connectivity index (χ0) is 15.9. The standard InChI is InChI=1S/C16H24FN3O2/c1-2-3-4-5-15(19-10-8-18-9-11-19)14-7-6-13(17)12-16(14)20(21)22/h6-7,12,15,18H,2-5,8-11H2,1H3/t15-/m0/s1. The molecule has 1 N–H and O–H groups in total. The lowest BCUT2D eigenvalue weighted by Crippen LogP contribution is -2.45. The first-order valence-corrected chi connectivity index (χ1v) is 8.02. The fourth-order valence-electron chi connectivity index (χ4n) is 3.07. The van der Waals surface area contributed by atoms with Gasteiger partial charge in [0.2, 0.25) is 0 Å². The number of nitro benzene ring substituents is 1. The largest absolute Gasteiger partial charge is 0.314 e. The summed E-state index contributed by atoms with van der Waals surface area (Å²) >= 11 is 0. The second-order valence-electron chi connectivity index (χ2n) is 5.76. The molecule has 6 heteroatoms. The maximum Gasteiger partial charge on any atom is 0.277 e. The third-order valence-corrected chi connectivity index (χ3v) is 4.22. The molecule has 0 spiro atoms. The van der Waals surface area contributed by atoms with Gasteiger partial charge in [-0.25, -0.2) is 4.39 Å². The van der Waals surface area contributed by atoms with Gasteiger partial charge in [0.05, 0.1) is 11.0 Å². The first-order valence-electron chi connectivity index (χ1n) is 8.02. The van der Waals surface area contributed by atoms with E-state index in [1.165, 1.54) is 6.07 Å². The van der Waals surface area contributed by atoms with Gasteiger partial charge in [-0.05, 0) is 18.6 Å². The Balaban J connectivity index is 2.28. The number of hydrogen-bond donors (Lipinski definition) is 1. The topological polar surface area (TPSA) is 58.4 Å². The highest BCUT2D eigenvalue weighted by Gasteiger charge is 2.28. The fraction of sp³-hybridized carbons (Fsp3) is 0.625. The molecule has 0 radical (unpaired) electrons. The molecule has 0 saturated carbocycles. The molecule has 122 valence electrons. The van der Waals surface area contributed by atoms with E-state index in [1.54, 1.807) is 6.07 Å². The molecular weight excluding hydrogens is 285 g/mol. The molecule has 1 aromatic carbocycles. The fourth-order valence-corrected chi connectivity index (χ4v) is 3.07. The van der Waals surface area contributed by atoms with Crippen LogP contribution in [0.1, 0.15) is 44.2 Å². The monoisotopic (exact) mass is 309 g/mol. The highest BCUT2D eigenvalue weighted by Crippen LogP contribution is 2.33. The molecule has 1 saturated heterocycles. The smallest absolute Gasteiger partial charge is 0.277 e. The van der Waals surface area contributed by atoms with Gasteiger partial charge < -0.3 is 5.32 Å². The van der Waals surface area contributed by atoms with E-state index in [0.717, 1.165) is 57.9 Å². The Bertz CT molecular complexity index is 504. The van der Waals surface area contributed by atoms with Gasteiger partial charge in [-0.2, -0.15) is 0 Å². The van der Waals surface area contributed by atoms with Crippen LogP contribution in [0.2, 0.25) is 0 Å². The van der Waals surface area contributed by atoms with Crippen LogP contribution in [0.4, 0.5) is 10.1 Å². The van der Waals surface area contributed by atoms with Gasteiger partial charge in [-0.1, -0.05) is 26.2 Å². The van der Waals surface area contributed by atoms with Crippen LogP contribution in [-0.4, -0.2) is 36.0 Å². The third kappa shape index (κ3) is 4.24. The van der Waals surface area contributed by atoms with Crippen molar-refractivity contribution in [1.29, 1.82) is 0 Å². The molecule has 1 aliphatic rings. The molecule has 1 heterocycles. The molecule has 1 fully saturated rings. The van der Waals surface area contributed by atoms with Crippen molar-refractivity contribution in [1.82, 2.24) is 10.2 Å². The molecule has 1 atom stereocenters. The summed E-state index contributed by atoms with van der Waals surface area (Å²) < 4.78 is 13.4. The van der Waals surface area contributed by atoms with E-state index in [-0.39, 0.29) is 11.7 Å². The lowest BCUT2D eigenvalue weighted by atomic mass is 9.96. The molecule has 1 aromatic rings. The van der Waals surface area contributed by atoms with Gasteiger partial charge >= 0.3 is 0 Å². The average Bonchev–Trinajstić information content (AvgIpc) is 2.53. The van der Waals surface area contributed by atoms with E-state index < -0.39 is 10.7 Å². The Morgan fingerprint density at radius 1 is 1.36 bits per heavy atom. The van der Waals surface area contributed by atoms with E-state index in [1.807, 2.05) is 0 Å². The zero-order valence-electron chi connectivity index (χ0n) is 13.1. The summed E-state index contributed by atoms with van der Waals surface area (Å²) in [6.07, 6.45) is 4.12. The van der Waals surface area contributed by atoms with Crippen molar-refractivity contribution in [3.63, 3.8) is 0 Å². The Morgan fingerprint density at radius 3 is 2.73 bits per heavy atom. The first-order chi connectivity index (χ1) is 10.6. The SMILES string of the molecule is CCCCC[C@@H](c1ccc(F)cc1[N+](=O)[O-])N1CCNCC1. The van der Waals surface area contributed by atoms with Crippen LogP contribution < -0.4 is 5.32 Å². The van der Waals surface area contributed by atoms with Crippen molar-refractivity contribution in [2.45, 2.75) is 38.6 Å². The second-order valence-corrected chi connectivity index (χ2v) is 5.76. The minimum Gasteiger partial charge on any atom is -0.314 e. The van der Waals surface area contributed by atoms with Crippen LogP contribution in [0.25, 0.3) is 0 Å². The van der Waals surface area contributed by atoms with Crippen molar-refractivity contribution in [2.24, 2.45) is 0 Å². The quantitative estimate of drug-likeness (QED) is 0.477. The number of halogens is 1. The molecule has 22 heavy (non-hydrogen) atoms. The minimum absolute atomic E-state index is 0.00495. The van der Waals surface area contributed by atoms with E-state index in [4.69, 9.17) is 0 Å². The molecule has 0 amide bonds. The van der Waals surface area contributed by atoms with Gasteiger partial charge in [-0.15, -0.1) is 0 Å². The van der Waals surface area contributed by atoms with Crippen molar-refractivity contribution in [2.75, 3.05) is 26.2 Å². The number of piperazine rings is 1. The van der Waals surface area contributed by atoms with Crippen molar-refractivity contribution in [3.8, 4) is 0 Å². The van der Waals surface area contributed by atoms with Crippen LogP contribution in [0.5, 0.6) is 0 Å². The van der Waals surface area contributed by atoms with Crippen LogP contribution in [0.3, 0.4) is 0 Å². The number of hydrogen-bond acceptors (Lipinski definition) is 4. The van der Waals surface area contributed by atoms with Crippen LogP contribution in [-0.2, 0) is 0 Å². The molecular formula is C16H24FN3O2. The molecule has 0 aromatic heterocycles. The number of nitrogens with one attached hydrogen (secondary N) is 1. The van der Waals surface area contributed by atoms with Crippen molar-refractivity contribution >= 4 is 5.69 Å². The Morgan fingerprint density at radius 2 is 2.09 bits per heavy atom. The van der Waals surface area contributed by atoms with E-state index in [0.29, 0.717) is 5.56 Å². The van der Waals surface area contributed by atoms with E-state index >= 15 is 0 Å². The summed E-state index contributed by atoms with van der Waals surface area (Å²) in [6, 6.07) is 3.96. The lowest BCUT2D eigenvalue weighted by Gasteiger charge is -2.35. The molecule has 1 aliphatic heterocycles. The predicted molar refractivity (Wildman–Crippen MR) is 84.4 cm³/mol. The Hall–Kier alpha value is -1.53. The van der Waals surface area contributed by atoms with E-state index in [2.05, 4.69) is 17.1 Å². The van der Waals surface area contributed by atoms with Crippen LogP contribution in [0.15, 0.2) is 18.2 Å². The normalized spacial score (nSPS) is 17.4. The number of benzene rings is 1. The Labute approximate surface area is 130 Å². The minimum atomic E-state index is -0.553. The summed E-state index contributed by atoms with van der Waals surface area (Å²) in [5, 5.41) is 14.6. The molecule has 2 rings (SSSR count). The van der Waals surface area contributed by atoms with Gasteiger partial charge in [-0.3, -0.25) is 15.0 Å². The number of nitro groups is 1. The average molecular weight is 309 g/mol. The number of rotatable bonds is 7. The van der Waals surface area contributed by atoms with E-state index in [9.17, 15) is 14.5 Å². The zero-order valence-corrected chi connectivity index (χ0v) is 13.1. The first kappa shape index (κ1) is 16.8.